The van der Waals surface area contributed by atoms with Gasteiger partial charge in [-0.05, 0) is 36.4 Å². The van der Waals surface area contributed by atoms with Gasteiger partial charge in [0.25, 0.3) is 10.0 Å². The summed E-state index contributed by atoms with van der Waals surface area (Å²) in [6.07, 6.45) is 1.19. The fourth-order valence-corrected chi connectivity index (χ4v) is 5.76. The molecule has 2 heterocycles. The molecule has 0 saturated carbocycles. The molecule has 5 aromatic rings. The lowest BCUT2D eigenvalue weighted by atomic mass is 10.0. The highest BCUT2D eigenvalue weighted by atomic mass is 32.2. The Bertz CT molecular complexity index is 1910. The molecule has 2 N–H and O–H groups in total. The van der Waals surface area contributed by atoms with Gasteiger partial charge in [-0.15, -0.1) is 0 Å². The van der Waals surface area contributed by atoms with Crippen molar-refractivity contribution in [3.63, 3.8) is 0 Å². The number of hydrogen-bond acceptors (Lipinski definition) is 9. The van der Waals surface area contributed by atoms with Crippen LogP contribution in [0, 0.1) is 0 Å². The summed E-state index contributed by atoms with van der Waals surface area (Å²) in [7, 11) is -5.45. The molecular weight excluding hydrogens is 564 g/mol. The van der Waals surface area contributed by atoms with E-state index < -0.39 is 19.9 Å². The molecule has 0 aliphatic carbocycles. The summed E-state index contributed by atoms with van der Waals surface area (Å²) in [5.74, 6) is 2.19. The number of methoxy groups -OCH3 is 1. The predicted molar refractivity (Wildman–Crippen MR) is 158 cm³/mol. The van der Waals surface area contributed by atoms with Crippen LogP contribution in [0.15, 0.2) is 94.2 Å². The van der Waals surface area contributed by atoms with Crippen LogP contribution in [0.5, 0.6) is 5.75 Å². The molecule has 41 heavy (non-hydrogen) atoms. The lowest BCUT2D eigenvalue weighted by Crippen LogP contribution is -2.21. The van der Waals surface area contributed by atoms with Crippen LogP contribution in [0.25, 0.3) is 33.6 Å². The van der Waals surface area contributed by atoms with Gasteiger partial charge in [-0.25, -0.2) is 26.8 Å². The average molecular weight is 593 g/mol. The number of hydrogen-bond donors (Lipinski definition) is 2. The van der Waals surface area contributed by atoms with Crippen LogP contribution in [-0.4, -0.2) is 52.5 Å². The summed E-state index contributed by atoms with van der Waals surface area (Å²) in [6.45, 7) is 0.664. The van der Waals surface area contributed by atoms with Crippen molar-refractivity contribution >= 4 is 36.6 Å². The van der Waals surface area contributed by atoms with Crippen molar-refractivity contribution in [1.82, 2.24) is 15.3 Å². The number of nitrogens with one attached hydrogen (secondary N) is 2. The topological polar surface area (TPSA) is 140 Å². The summed E-state index contributed by atoms with van der Waals surface area (Å²) in [4.78, 5) is 9.53. The third kappa shape index (κ3) is 6.73. The molecule has 0 radical (unpaired) electrons. The number of sulfone groups is 1. The summed E-state index contributed by atoms with van der Waals surface area (Å²) in [5, 5.41) is 3.57. The molecule has 0 bridgehead atoms. The lowest BCUT2D eigenvalue weighted by molar-refractivity contribution is 0.415. The van der Waals surface area contributed by atoms with Gasteiger partial charge < -0.3 is 14.5 Å². The molecule has 0 saturated heterocycles. The first-order valence-corrected chi connectivity index (χ1v) is 16.2. The van der Waals surface area contributed by atoms with E-state index in [0.717, 1.165) is 0 Å². The first-order valence-electron chi connectivity index (χ1n) is 12.6. The Morgan fingerprint density at radius 3 is 2.32 bits per heavy atom. The second-order valence-corrected chi connectivity index (χ2v) is 13.3. The van der Waals surface area contributed by atoms with Crippen molar-refractivity contribution in [3.05, 3.63) is 90.7 Å². The zero-order chi connectivity index (χ0) is 29.0. The molecule has 212 valence electrons. The number of ether oxygens (including phenoxy) is 1. The molecule has 0 aliphatic rings. The van der Waals surface area contributed by atoms with Crippen LogP contribution in [0.3, 0.4) is 0 Å². The van der Waals surface area contributed by atoms with Gasteiger partial charge in [0.15, 0.2) is 11.6 Å². The van der Waals surface area contributed by atoms with Crippen molar-refractivity contribution in [2.24, 2.45) is 0 Å². The number of sulfonamides is 1. The molecule has 0 spiro atoms. The Morgan fingerprint density at radius 2 is 1.59 bits per heavy atom. The SMILES string of the molecule is COc1ccc2c(NS(=O)(=O)c3ccccc3)nc(-c3ccccc3-c3ccc(CNCCS(C)(=O)=O)o3)nc2c1. The van der Waals surface area contributed by atoms with Crippen LogP contribution in [0.2, 0.25) is 0 Å². The normalized spacial score (nSPS) is 12.0. The molecule has 0 unspecified atom stereocenters. The van der Waals surface area contributed by atoms with E-state index in [9.17, 15) is 16.8 Å². The number of rotatable bonds is 11. The summed E-state index contributed by atoms with van der Waals surface area (Å²) in [6, 6.07) is 24.2. The van der Waals surface area contributed by atoms with Gasteiger partial charge in [-0.1, -0.05) is 42.5 Å². The Balaban J connectivity index is 1.53. The fourth-order valence-electron chi connectivity index (χ4n) is 4.20. The fraction of sp³-hybridized carbons (Fsp3) is 0.172. The van der Waals surface area contributed by atoms with E-state index in [2.05, 4.69) is 15.0 Å². The van der Waals surface area contributed by atoms with Gasteiger partial charge in [0.05, 0.1) is 29.8 Å². The Morgan fingerprint density at radius 1 is 0.854 bits per heavy atom. The average Bonchev–Trinajstić information content (AvgIpc) is 3.43. The van der Waals surface area contributed by atoms with E-state index in [-0.39, 0.29) is 22.3 Å². The smallest absolute Gasteiger partial charge is 0.263 e. The molecule has 0 amide bonds. The molecule has 12 heteroatoms. The number of aromatic nitrogens is 2. The van der Waals surface area contributed by atoms with Crippen molar-refractivity contribution < 1.29 is 26.0 Å². The first kappa shape index (κ1) is 28.3. The van der Waals surface area contributed by atoms with Crippen LogP contribution in [-0.2, 0) is 26.4 Å². The molecule has 0 fully saturated rings. The Labute approximate surface area is 238 Å². The van der Waals surface area contributed by atoms with E-state index in [4.69, 9.17) is 14.1 Å². The molecule has 0 atom stereocenters. The minimum absolute atomic E-state index is 0.0316. The highest BCUT2D eigenvalue weighted by Crippen LogP contribution is 2.35. The third-order valence-corrected chi connectivity index (χ3v) is 8.53. The lowest BCUT2D eigenvalue weighted by Gasteiger charge is -2.13. The summed E-state index contributed by atoms with van der Waals surface area (Å²) >= 11 is 0. The van der Waals surface area contributed by atoms with Crippen molar-refractivity contribution in [1.29, 1.82) is 0 Å². The van der Waals surface area contributed by atoms with E-state index in [1.807, 2.05) is 36.4 Å². The monoisotopic (exact) mass is 592 g/mol. The van der Waals surface area contributed by atoms with E-state index in [0.29, 0.717) is 52.4 Å². The minimum Gasteiger partial charge on any atom is -0.497 e. The van der Waals surface area contributed by atoms with Gasteiger partial charge >= 0.3 is 0 Å². The summed E-state index contributed by atoms with van der Waals surface area (Å²) in [5.41, 5.74) is 1.82. The second-order valence-electron chi connectivity index (χ2n) is 9.32. The molecule has 0 aliphatic heterocycles. The van der Waals surface area contributed by atoms with E-state index in [1.54, 1.807) is 43.5 Å². The second kappa shape index (κ2) is 11.7. The third-order valence-electron chi connectivity index (χ3n) is 6.23. The quantitative estimate of drug-likeness (QED) is 0.212. The van der Waals surface area contributed by atoms with Gasteiger partial charge in [0.1, 0.15) is 27.1 Å². The van der Waals surface area contributed by atoms with Crippen LogP contribution >= 0.6 is 0 Å². The molecule has 5 rings (SSSR count). The number of fused-ring (bicyclic) bond motifs is 1. The van der Waals surface area contributed by atoms with Crippen LogP contribution < -0.4 is 14.8 Å². The maximum atomic E-state index is 13.2. The van der Waals surface area contributed by atoms with Gasteiger partial charge in [-0.3, -0.25) is 4.72 Å². The largest absolute Gasteiger partial charge is 0.497 e. The van der Waals surface area contributed by atoms with Crippen LogP contribution in [0.1, 0.15) is 5.76 Å². The molecular formula is C29H28N4O6S2. The maximum Gasteiger partial charge on any atom is 0.263 e. The predicted octanol–water partition coefficient (Wildman–Crippen LogP) is 4.50. The highest BCUT2D eigenvalue weighted by Gasteiger charge is 2.20. The van der Waals surface area contributed by atoms with Crippen molar-refractivity contribution in [3.8, 4) is 28.5 Å². The Hall–Kier alpha value is -4.26. The maximum absolute atomic E-state index is 13.2. The van der Waals surface area contributed by atoms with E-state index in [1.165, 1.54) is 18.4 Å². The van der Waals surface area contributed by atoms with Crippen molar-refractivity contribution in [2.75, 3.05) is 30.4 Å². The van der Waals surface area contributed by atoms with Gasteiger partial charge in [-0.2, -0.15) is 0 Å². The number of anilines is 1. The summed E-state index contributed by atoms with van der Waals surface area (Å²) < 4.78 is 63.3. The number of furan rings is 1. The van der Waals surface area contributed by atoms with Crippen LogP contribution in [0.4, 0.5) is 5.82 Å². The highest BCUT2D eigenvalue weighted by molar-refractivity contribution is 7.92. The van der Waals surface area contributed by atoms with Gasteiger partial charge in [0.2, 0.25) is 0 Å². The van der Waals surface area contributed by atoms with Gasteiger partial charge in [0, 0.05) is 35.4 Å². The number of benzene rings is 3. The zero-order valence-electron chi connectivity index (χ0n) is 22.4. The number of nitrogens with zero attached hydrogens (tertiary/aromatic N) is 2. The first-order chi connectivity index (χ1) is 19.6. The van der Waals surface area contributed by atoms with Crippen molar-refractivity contribution in [2.45, 2.75) is 11.4 Å². The minimum atomic E-state index is -3.93. The standard InChI is InChI=1S/C29H28N4O6S2/c1-38-20-12-14-25-26(18-20)31-28(32-29(25)33-41(36,37)22-8-4-3-5-9-22)24-11-7-6-10-23(24)27-15-13-21(39-27)19-30-16-17-40(2,34)35/h3-15,18,30H,16-17,19H2,1-2H3,(H,31,32,33). The zero-order valence-corrected chi connectivity index (χ0v) is 24.0. The van der Waals surface area contributed by atoms with E-state index >= 15 is 0 Å². The Kier molecular flexibility index (Phi) is 8.06. The molecule has 3 aromatic carbocycles. The molecule has 10 nitrogen and oxygen atoms in total. The molecule has 2 aromatic heterocycles.